The molecular formula is C19H14F5N3. The van der Waals surface area contributed by atoms with Gasteiger partial charge in [0, 0.05) is 6.20 Å². The van der Waals surface area contributed by atoms with Gasteiger partial charge in [0.2, 0.25) is 0 Å². The van der Waals surface area contributed by atoms with E-state index in [4.69, 9.17) is 0 Å². The third-order valence-corrected chi connectivity index (χ3v) is 4.76. The summed E-state index contributed by atoms with van der Waals surface area (Å²) in [6.07, 6.45) is -0.374. The molecule has 2 aromatic heterocycles. The SMILES string of the molecule is Fc1ccc(CC2CCc3nn(-c4cc(C(F)(F)F)ncc4F)cc32)cc1. The Kier molecular flexibility index (Phi) is 4.20. The van der Waals surface area contributed by atoms with E-state index in [1.165, 1.54) is 12.1 Å². The number of fused-ring (bicyclic) bond motifs is 1. The quantitative estimate of drug-likeness (QED) is 0.610. The predicted molar refractivity (Wildman–Crippen MR) is 87.5 cm³/mol. The molecule has 8 heteroatoms. The van der Waals surface area contributed by atoms with E-state index in [0.29, 0.717) is 25.1 Å². The molecule has 3 nitrogen and oxygen atoms in total. The van der Waals surface area contributed by atoms with Gasteiger partial charge in [-0.2, -0.15) is 18.3 Å². The molecule has 0 fully saturated rings. The Morgan fingerprint density at radius 3 is 2.56 bits per heavy atom. The van der Waals surface area contributed by atoms with Crippen LogP contribution in [0.4, 0.5) is 22.0 Å². The second-order valence-electron chi connectivity index (χ2n) is 6.56. The first-order chi connectivity index (χ1) is 12.8. The van der Waals surface area contributed by atoms with Gasteiger partial charge in [-0.25, -0.2) is 18.4 Å². The summed E-state index contributed by atoms with van der Waals surface area (Å²) in [5.74, 6) is -1.09. The van der Waals surface area contributed by atoms with E-state index in [0.717, 1.165) is 27.9 Å². The Morgan fingerprint density at radius 2 is 1.85 bits per heavy atom. The molecule has 0 saturated heterocycles. The van der Waals surface area contributed by atoms with Crippen molar-refractivity contribution in [3.8, 4) is 5.69 Å². The molecule has 1 aliphatic carbocycles. The zero-order valence-corrected chi connectivity index (χ0v) is 14.0. The molecule has 4 rings (SSSR count). The monoisotopic (exact) mass is 379 g/mol. The summed E-state index contributed by atoms with van der Waals surface area (Å²) in [5.41, 5.74) is 1.12. The van der Waals surface area contributed by atoms with E-state index in [1.807, 2.05) is 0 Å². The van der Waals surface area contributed by atoms with Crippen LogP contribution in [0.2, 0.25) is 0 Å². The average Bonchev–Trinajstić information content (AvgIpc) is 3.18. The fraction of sp³-hybridized carbons (Fsp3) is 0.263. The number of hydrogen-bond acceptors (Lipinski definition) is 2. The summed E-state index contributed by atoms with van der Waals surface area (Å²) in [4.78, 5) is 3.11. The Morgan fingerprint density at radius 1 is 1.11 bits per heavy atom. The number of alkyl halides is 3. The fourth-order valence-corrected chi connectivity index (χ4v) is 3.42. The van der Waals surface area contributed by atoms with Crippen LogP contribution in [0.1, 0.15) is 34.9 Å². The van der Waals surface area contributed by atoms with Crippen molar-refractivity contribution in [3.63, 3.8) is 0 Å². The number of nitrogens with zero attached hydrogens (tertiary/aromatic N) is 3. The Balaban J connectivity index is 1.64. The lowest BCUT2D eigenvalue weighted by Crippen LogP contribution is -2.11. The summed E-state index contributed by atoms with van der Waals surface area (Å²) in [6, 6.07) is 6.84. The van der Waals surface area contributed by atoms with Gasteiger partial charge in [0.15, 0.2) is 5.82 Å². The molecule has 27 heavy (non-hydrogen) atoms. The number of aryl methyl sites for hydroxylation is 1. The summed E-state index contributed by atoms with van der Waals surface area (Å²) in [5, 5.41) is 4.27. The first-order valence-electron chi connectivity index (χ1n) is 8.37. The maximum absolute atomic E-state index is 14.1. The topological polar surface area (TPSA) is 30.7 Å². The lowest BCUT2D eigenvalue weighted by Gasteiger charge is -2.11. The van der Waals surface area contributed by atoms with E-state index in [-0.39, 0.29) is 17.4 Å². The number of aromatic nitrogens is 3. The van der Waals surface area contributed by atoms with Gasteiger partial charge in [0.25, 0.3) is 0 Å². The van der Waals surface area contributed by atoms with Gasteiger partial charge in [-0.05, 0) is 54.5 Å². The normalized spacial score (nSPS) is 16.6. The molecule has 3 aromatic rings. The van der Waals surface area contributed by atoms with Crippen molar-refractivity contribution < 1.29 is 22.0 Å². The van der Waals surface area contributed by atoms with Crippen LogP contribution in [0.3, 0.4) is 0 Å². The van der Waals surface area contributed by atoms with E-state index >= 15 is 0 Å². The number of hydrogen-bond donors (Lipinski definition) is 0. The van der Waals surface area contributed by atoms with Gasteiger partial charge in [-0.1, -0.05) is 12.1 Å². The third kappa shape index (κ3) is 3.43. The van der Waals surface area contributed by atoms with E-state index in [1.54, 1.807) is 18.3 Å². The Hall–Kier alpha value is -2.77. The molecule has 0 radical (unpaired) electrons. The second-order valence-corrected chi connectivity index (χ2v) is 6.56. The van der Waals surface area contributed by atoms with Gasteiger partial charge < -0.3 is 0 Å². The fourth-order valence-electron chi connectivity index (χ4n) is 3.42. The summed E-state index contributed by atoms with van der Waals surface area (Å²) >= 11 is 0. The molecule has 0 aliphatic heterocycles. The highest BCUT2D eigenvalue weighted by atomic mass is 19.4. The zero-order chi connectivity index (χ0) is 19.2. The minimum Gasteiger partial charge on any atom is -0.249 e. The molecule has 1 unspecified atom stereocenters. The van der Waals surface area contributed by atoms with Gasteiger partial charge in [0.1, 0.15) is 17.2 Å². The van der Waals surface area contributed by atoms with Crippen molar-refractivity contribution in [3.05, 3.63) is 76.9 Å². The highest BCUT2D eigenvalue weighted by Crippen LogP contribution is 2.36. The average molecular weight is 379 g/mol. The Labute approximate surface area is 151 Å². The van der Waals surface area contributed by atoms with Gasteiger partial charge in [-0.3, -0.25) is 0 Å². The number of pyridine rings is 1. The molecule has 2 heterocycles. The smallest absolute Gasteiger partial charge is 0.249 e. The van der Waals surface area contributed by atoms with Crippen LogP contribution in [0, 0.1) is 11.6 Å². The lowest BCUT2D eigenvalue weighted by molar-refractivity contribution is -0.141. The molecule has 0 saturated carbocycles. The van der Waals surface area contributed by atoms with Crippen molar-refractivity contribution in [1.82, 2.24) is 14.8 Å². The molecule has 0 spiro atoms. The first kappa shape index (κ1) is 17.6. The summed E-state index contributed by atoms with van der Waals surface area (Å²) in [6.45, 7) is 0. The molecule has 0 N–H and O–H groups in total. The van der Waals surface area contributed by atoms with Crippen molar-refractivity contribution >= 4 is 0 Å². The maximum Gasteiger partial charge on any atom is 0.433 e. The van der Waals surface area contributed by atoms with Gasteiger partial charge in [0.05, 0.1) is 11.9 Å². The van der Waals surface area contributed by atoms with Crippen LogP contribution >= 0.6 is 0 Å². The molecule has 1 atom stereocenters. The van der Waals surface area contributed by atoms with Crippen LogP contribution < -0.4 is 0 Å². The number of rotatable bonds is 3. The zero-order valence-electron chi connectivity index (χ0n) is 14.0. The van der Waals surface area contributed by atoms with Crippen molar-refractivity contribution in [2.24, 2.45) is 0 Å². The predicted octanol–water partition coefficient (Wildman–Crippen LogP) is 4.84. The third-order valence-electron chi connectivity index (χ3n) is 4.76. The van der Waals surface area contributed by atoms with Crippen molar-refractivity contribution in [2.75, 3.05) is 0 Å². The molecular weight excluding hydrogens is 365 g/mol. The van der Waals surface area contributed by atoms with Crippen LogP contribution in [0.25, 0.3) is 5.69 Å². The molecule has 1 aliphatic rings. The molecule has 0 amide bonds. The standard InChI is InChI=1S/C19H14F5N3/c20-13-4-1-11(2-5-13)7-12-3-6-16-14(12)10-27(26-16)17-8-18(19(22,23)24)25-9-15(17)21/h1-2,4-5,8-10,12H,3,6-7H2. The van der Waals surface area contributed by atoms with E-state index < -0.39 is 17.7 Å². The number of benzene rings is 1. The Bertz CT molecular complexity index is 976. The minimum absolute atomic E-state index is 0.103. The first-order valence-corrected chi connectivity index (χ1v) is 8.37. The molecule has 140 valence electrons. The summed E-state index contributed by atoms with van der Waals surface area (Å²) < 4.78 is 66.9. The highest BCUT2D eigenvalue weighted by Gasteiger charge is 2.34. The number of halogens is 5. The van der Waals surface area contributed by atoms with Gasteiger partial charge in [-0.15, -0.1) is 0 Å². The van der Waals surface area contributed by atoms with Crippen LogP contribution in [0.5, 0.6) is 0 Å². The van der Waals surface area contributed by atoms with Crippen LogP contribution in [-0.2, 0) is 19.0 Å². The van der Waals surface area contributed by atoms with Crippen molar-refractivity contribution in [1.29, 1.82) is 0 Å². The van der Waals surface area contributed by atoms with Crippen molar-refractivity contribution in [2.45, 2.75) is 31.4 Å². The van der Waals surface area contributed by atoms with Crippen LogP contribution in [-0.4, -0.2) is 14.8 Å². The second kappa shape index (κ2) is 6.44. The van der Waals surface area contributed by atoms with E-state index in [2.05, 4.69) is 10.1 Å². The van der Waals surface area contributed by atoms with Gasteiger partial charge >= 0.3 is 6.18 Å². The van der Waals surface area contributed by atoms with Crippen LogP contribution in [0.15, 0.2) is 42.7 Å². The maximum atomic E-state index is 14.1. The highest BCUT2D eigenvalue weighted by molar-refractivity contribution is 5.38. The molecule has 1 aromatic carbocycles. The minimum atomic E-state index is -4.66. The molecule has 0 bridgehead atoms. The lowest BCUT2D eigenvalue weighted by atomic mass is 9.95. The van der Waals surface area contributed by atoms with E-state index in [9.17, 15) is 22.0 Å². The largest absolute Gasteiger partial charge is 0.433 e. The summed E-state index contributed by atoms with van der Waals surface area (Å²) in [7, 11) is 0.